The highest BCUT2D eigenvalue weighted by atomic mass is 32.2. The Morgan fingerprint density at radius 3 is 2.94 bits per heavy atom. The number of amides is 1. The molecule has 2 rings (SSSR count). The molecule has 0 spiro atoms. The fourth-order valence-electron chi connectivity index (χ4n) is 1.94. The summed E-state index contributed by atoms with van der Waals surface area (Å²) in [4.78, 5) is 14.2. The zero-order valence-electron chi connectivity index (χ0n) is 10.1. The van der Waals surface area contributed by atoms with Crippen LogP contribution in [0.5, 0.6) is 5.75 Å². The number of thioether (sulfide) groups is 1. The van der Waals surface area contributed by atoms with Gasteiger partial charge in [-0.15, -0.1) is 0 Å². The van der Waals surface area contributed by atoms with Gasteiger partial charge in [0.2, 0.25) is 0 Å². The highest BCUT2D eigenvalue weighted by molar-refractivity contribution is 7.99. The highest BCUT2D eigenvalue weighted by Gasteiger charge is 2.24. The first kappa shape index (κ1) is 12.3. The summed E-state index contributed by atoms with van der Waals surface area (Å²) in [6.07, 6.45) is 0. The highest BCUT2D eigenvalue weighted by Crippen LogP contribution is 2.22. The van der Waals surface area contributed by atoms with Crippen molar-refractivity contribution in [3.8, 4) is 5.75 Å². The van der Waals surface area contributed by atoms with E-state index in [0.29, 0.717) is 5.56 Å². The number of hydrogen-bond donors (Lipinski definition) is 1. The molecule has 1 aromatic carbocycles. The Hall–Kier alpha value is -1.16. The van der Waals surface area contributed by atoms with E-state index in [1.807, 2.05) is 23.6 Å². The van der Waals surface area contributed by atoms with Gasteiger partial charge < -0.3 is 10.0 Å². The molecule has 1 unspecified atom stereocenters. The predicted octanol–water partition coefficient (Wildman–Crippen LogP) is 2.28. The number of benzene rings is 1. The number of rotatable bonds is 1. The number of carbonyl (C=O) groups excluding carboxylic acids is 1. The lowest BCUT2D eigenvalue weighted by Crippen LogP contribution is -2.44. The van der Waals surface area contributed by atoms with Gasteiger partial charge >= 0.3 is 0 Å². The van der Waals surface area contributed by atoms with Gasteiger partial charge in [0.15, 0.2) is 0 Å². The Labute approximate surface area is 106 Å². The number of aryl methyl sites for hydroxylation is 1. The minimum Gasteiger partial charge on any atom is -0.508 e. The summed E-state index contributed by atoms with van der Waals surface area (Å²) in [5.41, 5.74) is 1.37. The molecule has 0 aliphatic carbocycles. The molecule has 1 saturated heterocycles. The molecule has 4 heteroatoms. The molecule has 1 atom stereocenters. The average Bonchev–Trinajstić information content (AvgIpc) is 2.32. The first-order valence-electron chi connectivity index (χ1n) is 5.78. The van der Waals surface area contributed by atoms with Gasteiger partial charge in [0.1, 0.15) is 5.75 Å². The third-order valence-electron chi connectivity index (χ3n) is 3.08. The molecular formula is C13H17NO2S. The first-order chi connectivity index (χ1) is 8.09. The van der Waals surface area contributed by atoms with E-state index in [1.165, 1.54) is 0 Å². The predicted molar refractivity (Wildman–Crippen MR) is 70.7 cm³/mol. The summed E-state index contributed by atoms with van der Waals surface area (Å²) >= 11 is 1.88. The van der Waals surface area contributed by atoms with Gasteiger partial charge in [-0.25, -0.2) is 0 Å². The van der Waals surface area contributed by atoms with Crippen LogP contribution in [0.1, 0.15) is 22.8 Å². The van der Waals surface area contributed by atoms with Gasteiger partial charge in [-0.3, -0.25) is 4.79 Å². The number of hydrogen-bond acceptors (Lipinski definition) is 3. The number of aromatic hydroxyl groups is 1. The molecule has 1 N–H and O–H groups in total. The van der Waals surface area contributed by atoms with Crippen LogP contribution in [0.15, 0.2) is 18.2 Å². The van der Waals surface area contributed by atoms with Gasteiger partial charge in [0.25, 0.3) is 5.91 Å². The van der Waals surface area contributed by atoms with E-state index in [-0.39, 0.29) is 17.7 Å². The monoisotopic (exact) mass is 251 g/mol. The van der Waals surface area contributed by atoms with Crippen LogP contribution in [0, 0.1) is 6.92 Å². The van der Waals surface area contributed by atoms with E-state index in [2.05, 4.69) is 6.92 Å². The van der Waals surface area contributed by atoms with Gasteiger partial charge in [-0.2, -0.15) is 11.8 Å². The second-order valence-corrected chi connectivity index (χ2v) is 5.57. The second-order valence-electron chi connectivity index (χ2n) is 4.42. The molecule has 0 radical (unpaired) electrons. The summed E-state index contributed by atoms with van der Waals surface area (Å²) in [6, 6.07) is 5.40. The van der Waals surface area contributed by atoms with Crippen molar-refractivity contribution >= 4 is 17.7 Å². The number of carbonyl (C=O) groups is 1. The van der Waals surface area contributed by atoms with Crippen LogP contribution in [0.3, 0.4) is 0 Å². The average molecular weight is 251 g/mol. The minimum atomic E-state index is 0.0214. The van der Waals surface area contributed by atoms with Crippen molar-refractivity contribution in [2.24, 2.45) is 0 Å². The Morgan fingerprint density at radius 2 is 2.29 bits per heavy atom. The van der Waals surface area contributed by atoms with Crippen molar-refractivity contribution < 1.29 is 9.90 Å². The summed E-state index contributed by atoms with van der Waals surface area (Å²) in [6.45, 7) is 4.68. The largest absolute Gasteiger partial charge is 0.508 e. The van der Waals surface area contributed by atoms with Gasteiger partial charge in [0.05, 0.1) is 0 Å². The molecule has 1 aromatic rings. The van der Waals surface area contributed by atoms with Crippen LogP contribution >= 0.6 is 11.8 Å². The maximum atomic E-state index is 12.3. The lowest BCUT2D eigenvalue weighted by molar-refractivity contribution is 0.0715. The van der Waals surface area contributed by atoms with E-state index in [9.17, 15) is 9.90 Å². The van der Waals surface area contributed by atoms with Crippen molar-refractivity contribution in [2.45, 2.75) is 19.9 Å². The first-order valence-corrected chi connectivity index (χ1v) is 6.93. The van der Waals surface area contributed by atoms with Crippen LogP contribution in [0.2, 0.25) is 0 Å². The molecular weight excluding hydrogens is 234 g/mol. The van der Waals surface area contributed by atoms with Crippen molar-refractivity contribution in [3.63, 3.8) is 0 Å². The topological polar surface area (TPSA) is 40.5 Å². The van der Waals surface area contributed by atoms with Crippen molar-refractivity contribution in [2.75, 3.05) is 18.1 Å². The van der Waals surface area contributed by atoms with E-state index in [4.69, 9.17) is 0 Å². The molecule has 1 heterocycles. The molecule has 1 amide bonds. The Morgan fingerprint density at radius 1 is 1.53 bits per heavy atom. The molecule has 17 heavy (non-hydrogen) atoms. The summed E-state index contributed by atoms with van der Waals surface area (Å²) in [5, 5.41) is 9.64. The van der Waals surface area contributed by atoms with Gasteiger partial charge in [-0.05, 0) is 31.5 Å². The standard InChI is InChI=1S/C13H17NO2S/c1-9-3-4-11(7-12(9)15)13(16)14-5-6-17-8-10(14)2/h3-4,7,10,15H,5-6,8H2,1-2H3. The van der Waals surface area contributed by atoms with E-state index in [0.717, 1.165) is 23.6 Å². The lowest BCUT2D eigenvalue weighted by Gasteiger charge is -2.33. The molecule has 0 aromatic heterocycles. The minimum absolute atomic E-state index is 0.0214. The third-order valence-corrected chi connectivity index (χ3v) is 4.27. The Kier molecular flexibility index (Phi) is 3.62. The maximum absolute atomic E-state index is 12.3. The number of nitrogens with zero attached hydrogens (tertiary/aromatic N) is 1. The van der Waals surface area contributed by atoms with Gasteiger partial charge in [-0.1, -0.05) is 6.07 Å². The van der Waals surface area contributed by atoms with Crippen LogP contribution in [0.4, 0.5) is 0 Å². The molecule has 3 nitrogen and oxygen atoms in total. The maximum Gasteiger partial charge on any atom is 0.254 e. The molecule has 0 bridgehead atoms. The summed E-state index contributed by atoms with van der Waals surface area (Å²) in [7, 11) is 0. The van der Waals surface area contributed by atoms with Crippen molar-refractivity contribution in [3.05, 3.63) is 29.3 Å². The van der Waals surface area contributed by atoms with Crippen LogP contribution in [-0.4, -0.2) is 40.0 Å². The third kappa shape index (κ3) is 2.57. The Balaban J connectivity index is 2.21. The molecule has 1 aliphatic heterocycles. The van der Waals surface area contributed by atoms with E-state index >= 15 is 0 Å². The van der Waals surface area contributed by atoms with Crippen molar-refractivity contribution in [1.82, 2.24) is 4.90 Å². The van der Waals surface area contributed by atoms with Crippen molar-refractivity contribution in [1.29, 1.82) is 0 Å². The Bertz CT molecular complexity index is 433. The smallest absolute Gasteiger partial charge is 0.254 e. The molecule has 1 aliphatic rings. The van der Waals surface area contributed by atoms with E-state index in [1.54, 1.807) is 18.2 Å². The fraction of sp³-hybridized carbons (Fsp3) is 0.462. The van der Waals surface area contributed by atoms with Crippen LogP contribution in [-0.2, 0) is 0 Å². The summed E-state index contributed by atoms with van der Waals surface area (Å²) < 4.78 is 0. The van der Waals surface area contributed by atoms with Gasteiger partial charge in [0, 0.05) is 29.7 Å². The quantitative estimate of drug-likeness (QED) is 0.832. The summed E-state index contributed by atoms with van der Waals surface area (Å²) in [5.74, 6) is 2.19. The molecule has 1 fully saturated rings. The van der Waals surface area contributed by atoms with Crippen LogP contribution in [0.25, 0.3) is 0 Å². The molecule has 92 valence electrons. The zero-order valence-corrected chi connectivity index (χ0v) is 11.0. The lowest BCUT2D eigenvalue weighted by atomic mass is 10.1. The fourth-order valence-corrected chi connectivity index (χ4v) is 2.95. The van der Waals surface area contributed by atoms with Crippen LogP contribution < -0.4 is 0 Å². The zero-order chi connectivity index (χ0) is 12.4. The number of phenols is 1. The second kappa shape index (κ2) is 5.00. The normalized spacial score (nSPS) is 20.4. The van der Waals surface area contributed by atoms with E-state index < -0.39 is 0 Å². The SMILES string of the molecule is Cc1ccc(C(=O)N2CCSCC2C)cc1O. The number of phenolic OH excluding ortho intramolecular Hbond substituents is 1. The molecule has 0 saturated carbocycles.